The Morgan fingerprint density at radius 2 is 1.59 bits per heavy atom. The van der Waals surface area contributed by atoms with Crippen LogP contribution in [0.25, 0.3) is 11.4 Å². The van der Waals surface area contributed by atoms with E-state index in [0.29, 0.717) is 35.2 Å². The van der Waals surface area contributed by atoms with Gasteiger partial charge in [-0.15, -0.1) is 0 Å². The molecule has 0 radical (unpaired) electrons. The average molecular weight is 400 g/mol. The second kappa shape index (κ2) is 9.68. The van der Waals surface area contributed by atoms with Gasteiger partial charge in [0, 0.05) is 5.56 Å². The van der Waals surface area contributed by atoms with Gasteiger partial charge in [0.1, 0.15) is 18.1 Å². The molecule has 0 atom stereocenters. The maximum atomic E-state index is 12.1. The quantitative estimate of drug-likeness (QED) is 0.516. The number of benzene rings is 2. The van der Waals surface area contributed by atoms with E-state index >= 15 is 0 Å². The van der Waals surface area contributed by atoms with Gasteiger partial charge in [-0.2, -0.15) is 0 Å². The lowest BCUT2D eigenvalue weighted by Gasteiger charge is -2.10. The molecule has 3 rings (SSSR count). The lowest BCUT2D eigenvalue weighted by Crippen LogP contribution is -2.19. The van der Waals surface area contributed by atoms with E-state index in [1.165, 1.54) is 4.57 Å². The molecule has 0 aliphatic heterocycles. The summed E-state index contributed by atoms with van der Waals surface area (Å²) in [6, 6.07) is 12.6. The highest BCUT2D eigenvalue weighted by atomic mass is 16.5. The van der Waals surface area contributed by atoms with Crippen molar-refractivity contribution in [2.24, 2.45) is 0 Å². The third-order valence-corrected chi connectivity index (χ3v) is 4.21. The Hall–Kier alpha value is -3.42. The minimum atomic E-state index is -0.554. The van der Waals surface area contributed by atoms with Crippen molar-refractivity contribution in [1.82, 2.24) is 9.72 Å². The summed E-state index contributed by atoms with van der Waals surface area (Å²) < 4.78 is 28.1. The van der Waals surface area contributed by atoms with Crippen molar-refractivity contribution in [2.75, 3.05) is 27.4 Å². The maximum absolute atomic E-state index is 12.1. The highest BCUT2D eigenvalue weighted by molar-refractivity contribution is 5.61. The van der Waals surface area contributed by atoms with Crippen molar-refractivity contribution in [2.45, 2.75) is 19.9 Å². The smallest absolute Gasteiger partial charge is 0.441 e. The first-order chi connectivity index (χ1) is 14.2. The topological polar surface area (TPSA) is 85.0 Å². The van der Waals surface area contributed by atoms with Crippen LogP contribution in [0.15, 0.2) is 51.8 Å². The maximum Gasteiger partial charge on any atom is 0.441 e. The molecule has 3 aromatic rings. The lowest BCUT2D eigenvalue weighted by atomic mass is 10.2. The zero-order valence-corrected chi connectivity index (χ0v) is 16.7. The fourth-order valence-corrected chi connectivity index (χ4v) is 2.76. The molecule has 29 heavy (non-hydrogen) atoms. The molecule has 0 saturated heterocycles. The standard InChI is InChI=1S/C21H24N2O6/c1-4-12-27-16-6-8-17(9-7-16)28-13-11-23-20(22-29-21(23)24)15-5-10-18(25-2)19(14-15)26-3/h5-10,14H,4,11-13H2,1-3H3. The van der Waals surface area contributed by atoms with Gasteiger partial charge < -0.3 is 18.9 Å². The summed E-state index contributed by atoms with van der Waals surface area (Å²) in [5.74, 6) is 2.44. The Balaban J connectivity index is 1.68. The van der Waals surface area contributed by atoms with Crippen LogP contribution in [0.4, 0.5) is 0 Å². The molecule has 0 bridgehead atoms. The van der Waals surface area contributed by atoms with Gasteiger partial charge in [-0.1, -0.05) is 12.1 Å². The predicted molar refractivity (Wildman–Crippen MR) is 107 cm³/mol. The van der Waals surface area contributed by atoms with Crippen LogP contribution in [0.5, 0.6) is 23.0 Å². The monoisotopic (exact) mass is 400 g/mol. The van der Waals surface area contributed by atoms with Crippen molar-refractivity contribution >= 4 is 0 Å². The van der Waals surface area contributed by atoms with Crippen molar-refractivity contribution in [3.63, 3.8) is 0 Å². The molecule has 0 aliphatic carbocycles. The predicted octanol–water partition coefficient (Wildman–Crippen LogP) is 3.39. The summed E-state index contributed by atoms with van der Waals surface area (Å²) in [5, 5.41) is 3.89. The van der Waals surface area contributed by atoms with Crippen LogP contribution in [0.1, 0.15) is 13.3 Å². The van der Waals surface area contributed by atoms with Crippen molar-refractivity contribution in [3.05, 3.63) is 53.0 Å². The molecular formula is C21H24N2O6. The highest BCUT2D eigenvalue weighted by Crippen LogP contribution is 2.31. The van der Waals surface area contributed by atoms with Crippen LogP contribution in [-0.4, -0.2) is 37.2 Å². The largest absolute Gasteiger partial charge is 0.494 e. The summed E-state index contributed by atoms with van der Waals surface area (Å²) in [6.45, 7) is 3.28. The molecule has 154 valence electrons. The molecule has 2 aromatic carbocycles. The van der Waals surface area contributed by atoms with Crippen LogP contribution in [0.2, 0.25) is 0 Å². The van der Waals surface area contributed by atoms with Gasteiger partial charge in [-0.05, 0) is 48.9 Å². The van der Waals surface area contributed by atoms with Gasteiger partial charge in [0.25, 0.3) is 0 Å². The third-order valence-electron chi connectivity index (χ3n) is 4.21. The lowest BCUT2D eigenvalue weighted by molar-refractivity contribution is 0.288. The van der Waals surface area contributed by atoms with E-state index < -0.39 is 5.76 Å². The summed E-state index contributed by atoms with van der Waals surface area (Å²) in [7, 11) is 3.10. The molecule has 8 heteroatoms. The molecule has 0 unspecified atom stereocenters. The van der Waals surface area contributed by atoms with Gasteiger partial charge in [0.05, 0.1) is 27.4 Å². The van der Waals surface area contributed by atoms with Crippen LogP contribution in [-0.2, 0) is 6.54 Å². The fourth-order valence-electron chi connectivity index (χ4n) is 2.76. The van der Waals surface area contributed by atoms with E-state index in [4.69, 9.17) is 23.5 Å². The average Bonchev–Trinajstić information content (AvgIpc) is 3.13. The number of ether oxygens (including phenoxy) is 4. The Labute approximate surface area is 168 Å². The van der Waals surface area contributed by atoms with Gasteiger partial charge in [0.2, 0.25) is 0 Å². The number of methoxy groups -OCH3 is 2. The first kappa shape index (κ1) is 20.3. The number of rotatable bonds is 10. The molecule has 1 aromatic heterocycles. The van der Waals surface area contributed by atoms with E-state index in [1.807, 2.05) is 24.3 Å². The van der Waals surface area contributed by atoms with E-state index in [0.717, 1.165) is 12.2 Å². The van der Waals surface area contributed by atoms with Crippen LogP contribution < -0.4 is 24.7 Å². The van der Waals surface area contributed by atoms with Gasteiger partial charge in [-0.25, -0.2) is 4.79 Å². The molecule has 8 nitrogen and oxygen atoms in total. The van der Waals surface area contributed by atoms with Crippen LogP contribution in [0.3, 0.4) is 0 Å². The zero-order chi connectivity index (χ0) is 20.6. The summed E-state index contributed by atoms with van der Waals surface area (Å²) in [5.41, 5.74) is 0.672. The number of nitrogens with zero attached hydrogens (tertiary/aromatic N) is 2. The first-order valence-corrected chi connectivity index (χ1v) is 9.30. The van der Waals surface area contributed by atoms with Gasteiger partial charge in [0.15, 0.2) is 17.3 Å². The van der Waals surface area contributed by atoms with E-state index in [1.54, 1.807) is 32.4 Å². The Morgan fingerprint density at radius 1 is 0.931 bits per heavy atom. The molecule has 1 heterocycles. The van der Waals surface area contributed by atoms with Crippen molar-refractivity contribution in [3.8, 4) is 34.4 Å². The zero-order valence-electron chi connectivity index (χ0n) is 16.7. The molecule has 0 amide bonds. The second-order valence-electron chi connectivity index (χ2n) is 6.16. The highest BCUT2D eigenvalue weighted by Gasteiger charge is 2.15. The Morgan fingerprint density at radius 3 is 2.21 bits per heavy atom. The first-order valence-electron chi connectivity index (χ1n) is 9.30. The number of hydrogen-bond acceptors (Lipinski definition) is 7. The van der Waals surface area contributed by atoms with E-state index in [9.17, 15) is 4.79 Å². The van der Waals surface area contributed by atoms with Crippen molar-refractivity contribution < 1.29 is 23.5 Å². The molecule has 0 fully saturated rings. The van der Waals surface area contributed by atoms with Crippen molar-refractivity contribution in [1.29, 1.82) is 0 Å². The van der Waals surface area contributed by atoms with E-state index in [-0.39, 0.29) is 13.2 Å². The minimum Gasteiger partial charge on any atom is -0.494 e. The minimum absolute atomic E-state index is 0.274. The molecule has 0 saturated carbocycles. The fraction of sp³-hybridized carbons (Fsp3) is 0.333. The van der Waals surface area contributed by atoms with Gasteiger partial charge >= 0.3 is 5.76 Å². The Kier molecular flexibility index (Phi) is 6.78. The normalized spacial score (nSPS) is 10.6. The summed E-state index contributed by atoms with van der Waals surface area (Å²) >= 11 is 0. The van der Waals surface area contributed by atoms with Crippen LogP contribution >= 0.6 is 0 Å². The summed E-state index contributed by atoms with van der Waals surface area (Å²) in [4.78, 5) is 12.1. The second-order valence-corrected chi connectivity index (χ2v) is 6.16. The third kappa shape index (κ3) is 4.90. The number of aromatic nitrogens is 2. The SMILES string of the molecule is CCCOc1ccc(OCCn2c(-c3ccc(OC)c(OC)c3)noc2=O)cc1. The molecular weight excluding hydrogens is 376 g/mol. The molecule has 0 N–H and O–H groups in total. The van der Waals surface area contributed by atoms with Gasteiger partial charge in [-0.3, -0.25) is 9.09 Å². The molecule has 0 spiro atoms. The van der Waals surface area contributed by atoms with E-state index in [2.05, 4.69) is 12.1 Å². The number of hydrogen-bond donors (Lipinski definition) is 0. The van der Waals surface area contributed by atoms with Crippen LogP contribution in [0, 0.1) is 0 Å². The molecule has 0 aliphatic rings. The Bertz CT molecular complexity index is 978. The summed E-state index contributed by atoms with van der Waals surface area (Å²) in [6.07, 6.45) is 0.953.